The molecule has 1 N–H and O–H groups in total. The van der Waals surface area contributed by atoms with E-state index in [0.717, 1.165) is 58.7 Å². The molecule has 4 aromatic rings. The second kappa shape index (κ2) is 8.84. The Morgan fingerprint density at radius 2 is 2.25 bits per heavy atom. The van der Waals surface area contributed by atoms with Crippen LogP contribution >= 0.6 is 22.7 Å². The van der Waals surface area contributed by atoms with Gasteiger partial charge in [-0.1, -0.05) is 12.1 Å². The molecule has 0 fully saturated rings. The van der Waals surface area contributed by atoms with Crippen molar-refractivity contribution in [1.29, 1.82) is 0 Å². The lowest BCUT2D eigenvalue weighted by atomic mass is 9.93. The average molecular weight is 469 g/mol. The number of halogens is 1. The van der Waals surface area contributed by atoms with E-state index in [9.17, 15) is 9.18 Å². The largest absolute Gasteiger partial charge is 0.313 e. The molecule has 5 nitrogen and oxygen atoms in total. The second-order valence-corrected chi connectivity index (χ2v) is 10.5. The minimum Gasteiger partial charge on any atom is -0.313 e. The molecule has 5 rings (SSSR count). The van der Waals surface area contributed by atoms with Crippen LogP contribution < -0.4 is 10.9 Å². The van der Waals surface area contributed by atoms with Gasteiger partial charge < -0.3 is 5.32 Å². The van der Waals surface area contributed by atoms with Crippen LogP contribution in [0.3, 0.4) is 0 Å². The first kappa shape index (κ1) is 21.4. The minimum atomic E-state index is -0.188. The van der Waals surface area contributed by atoms with Gasteiger partial charge in [-0.15, -0.1) is 22.7 Å². The summed E-state index contributed by atoms with van der Waals surface area (Å²) in [5.41, 5.74) is 3.11. The number of thiophene rings is 1. The number of benzene rings is 1. The number of aryl methyl sites for hydroxylation is 2. The number of rotatable bonds is 6. The van der Waals surface area contributed by atoms with E-state index in [1.807, 2.05) is 25.3 Å². The molecule has 0 saturated carbocycles. The van der Waals surface area contributed by atoms with Crippen LogP contribution in [0.15, 0.2) is 40.8 Å². The molecule has 8 heteroatoms. The maximum Gasteiger partial charge on any atom is 0.262 e. The number of nitrogens with zero attached hydrogens (tertiary/aromatic N) is 3. The Balaban J connectivity index is 1.33. The van der Waals surface area contributed by atoms with E-state index in [2.05, 4.69) is 15.3 Å². The minimum absolute atomic E-state index is 0.0307. The fourth-order valence-electron chi connectivity index (χ4n) is 4.46. The molecular weight excluding hydrogens is 443 g/mol. The van der Waals surface area contributed by atoms with E-state index in [0.29, 0.717) is 6.04 Å². The molecule has 0 amide bonds. The Bertz CT molecular complexity index is 1330. The number of nitrogens with one attached hydrogen (secondary N) is 1. The van der Waals surface area contributed by atoms with E-state index in [1.54, 1.807) is 45.7 Å². The van der Waals surface area contributed by atoms with E-state index in [1.165, 1.54) is 16.5 Å². The van der Waals surface area contributed by atoms with Gasteiger partial charge in [-0.25, -0.2) is 14.4 Å². The third-order valence-corrected chi connectivity index (χ3v) is 8.17. The standard InChI is InChI=1S/C24H25FN4OS2/c1-14(20-12-31-15(2)28-20)29-13-27-23-22(24(29)30)19-7-6-18(11-21(19)32-23)26-9-8-16-4-3-5-17(25)10-16/h3-5,10,12-14,18,26H,6-9,11H2,1-2H3. The van der Waals surface area contributed by atoms with Crippen molar-refractivity contribution in [2.75, 3.05) is 6.54 Å². The zero-order valence-electron chi connectivity index (χ0n) is 18.1. The number of aromatic nitrogens is 3. The number of hydrogen-bond acceptors (Lipinski definition) is 6. The van der Waals surface area contributed by atoms with Crippen LogP contribution in [0.4, 0.5) is 4.39 Å². The highest BCUT2D eigenvalue weighted by molar-refractivity contribution is 7.18. The zero-order valence-corrected chi connectivity index (χ0v) is 19.7. The van der Waals surface area contributed by atoms with E-state index in [-0.39, 0.29) is 17.4 Å². The Hall–Kier alpha value is -2.42. The highest BCUT2D eigenvalue weighted by atomic mass is 32.1. The van der Waals surface area contributed by atoms with Gasteiger partial charge in [-0.2, -0.15) is 0 Å². The van der Waals surface area contributed by atoms with Crippen molar-refractivity contribution in [3.05, 3.63) is 78.8 Å². The van der Waals surface area contributed by atoms with Gasteiger partial charge in [0.1, 0.15) is 10.6 Å². The second-order valence-electron chi connectivity index (χ2n) is 8.38. The first-order valence-electron chi connectivity index (χ1n) is 10.9. The summed E-state index contributed by atoms with van der Waals surface area (Å²) in [4.78, 5) is 24.7. The van der Waals surface area contributed by atoms with E-state index < -0.39 is 0 Å². The van der Waals surface area contributed by atoms with Crippen LogP contribution in [0.1, 0.15) is 46.1 Å². The Labute approximate surface area is 194 Å². The van der Waals surface area contributed by atoms with Crippen molar-refractivity contribution in [1.82, 2.24) is 19.9 Å². The summed E-state index contributed by atoms with van der Waals surface area (Å²) in [6.07, 6.45) is 5.23. The Morgan fingerprint density at radius 1 is 1.38 bits per heavy atom. The van der Waals surface area contributed by atoms with Crippen LogP contribution in [0.25, 0.3) is 10.2 Å². The average Bonchev–Trinajstić information content (AvgIpc) is 3.37. The van der Waals surface area contributed by atoms with Crippen LogP contribution in [0.5, 0.6) is 0 Å². The predicted octanol–water partition coefficient (Wildman–Crippen LogP) is 4.66. The molecule has 166 valence electrons. The molecule has 0 radical (unpaired) electrons. The Morgan fingerprint density at radius 3 is 3.03 bits per heavy atom. The first-order chi connectivity index (χ1) is 15.5. The maximum atomic E-state index is 13.4. The number of hydrogen-bond donors (Lipinski definition) is 1. The van der Waals surface area contributed by atoms with Gasteiger partial charge in [-0.3, -0.25) is 9.36 Å². The lowest BCUT2D eigenvalue weighted by Gasteiger charge is -2.23. The van der Waals surface area contributed by atoms with Gasteiger partial charge in [0, 0.05) is 16.3 Å². The maximum absolute atomic E-state index is 13.4. The highest BCUT2D eigenvalue weighted by Gasteiger charge is 2.26. The quantitative estimate of drug-likeness (QED) is 0.447. The van der Waals surface area contributed by atoms with Gasteiger partial charge in [0.15, 0.2) is 0 Å². The molecule has 0 saturated heterocycles. The van der Waals surface area contributed by atoms with Gasteiger partial charge in [0.05, 0.1) is 28.5 Å². The fraction of sp³-hybridized carbons (Fsp3) is 0.375. The lowest BCUT2D eigenvalue weighted by molar-refractivity contribution is 0.466. The van der Waals surface area contributed by atoms with Crippen LogP contribution in [0, 0.1) is 12.7 Å². The molecule has 1 aliphatic carbocycles. The van der Waals surface area contributed by atoms with Gasteiger partial charge in [-0.05, 0) is 69.3 Å². The summed E-state index contributed by atoms with van der Waals surface area (Å²) in [5.74, 6) is -0.188. The molecule has 2 unspecified atom stereocenters. The van der Waals surface area contributed by atoms with Gasteiger partial charge >= 0.3 is 0 Å². The van der Waals surface area contributed by atoms with E-state index in [4.69, 9.17) is 0 Å². The third kappa shape index (κ3) is 4.14. The molecule has 32 heavy (non-hydrogen) atoms. The van der Waals surface area contributed by atoms with Crippen molar-refractivity contribution < 1.29 is 4.39 Å². The van der Waals surface area contributed by atoms with Gasteiger partial charge in [0.25, 0.3) is 5.56 Å². The predicted molar refractivity (Wildman–Crippen MR) is 128 cm³/mol. The molecule has 1 aliphatic rings. The molecule has 0 aliphatic heterocycles. The summed E-state index contributed by atoms with van der Waals surface area (Å²) < 4.78 is 15.1. The van der Waals surface area contributed by atoms with Crippen molar-refractivity contribution in [3.63, 3.8) is 0 Å². The molecule has 0 bridgehead atoms. The Kier molecular flexibility index (Phi) is 5.92. The van der Waals surface area contributed by atoms with Crippen LogP contribution in [0.2, 0.25) is 0 Å². The molecule has 2 atom stereocenters. The van der Waals surface area contributed by atoms with Crippen LogP contribution in [-0.2, 0) is 19.3 Å². The van der Waals surface area contributed by atoms with Crippen LogP contribution in [-0.4, -0.2) is 27.1 Å². The first-order valence-corrected chi connectivity index (χ1v) is 12.6. The molecular formula is C24H25FN4OS2. The van der Waals surface area contributed by atoms with Gasteiger partial charge in [0.2, 0.25) is 0 Å². The third-order valence-electron chi connectivity index (χ3n) is 6.21. The summed E-state index contributed by atoms with van der Waals surface area (Å²) in [6, 6.07) is 7.01. The smallest absolute Gasteiger partial charge is 0.262 e. The van der Waals surface area contributed by atoms with Crippen molar-refractivity contribution in [2.24, 2.45) is 0 Å². The summed E-state index contributed by atoms with van der Waals surface area (Å²) in [6.45, 7) is 4.79. The number of fused-ring (bicyclic) bond motifs is 3. The van der Waals surface area contributed by atoms with Crippen molar-refractivity contribution >= 4 is 32.9 Å². The zero-order chi connectivity index (χ0) is 22.2. The summed E-state index contributed by atoms with van der Waals surface area (Å²) in [7, 11) is 0. The molecule has 3 heterocycles. The molecule has 3 aromatic heterocycles. The highest BCUT2D eigenvalue weighted by Crippen LogP contribution is 2.34. The fourth-order valence-corrected chi connectivity index (χ4v) is 6.41. The van der Waals surface area contributed by atoms with E-state index >= 15 is 0 Å². The van der Waals surface area contributed by atoms with Crippen molar-refractivity contribution in [3.8, 4) is 0 Å². The summed E-state index contributed by atoms with van der Waals surface area (Å²) >= 11 is 3.24. The topological polar surface area (TPSA) is 59.8 Å². The lowest BCUT2D eigenvalue weighted by Crippen LogP contribution is -2.35. The summed E-state index contributed by atoms with van der Waals surface area (Å²) in [5, 5.41) is 7.41. The normalized spacial score (nSPS) is 16.9. The van der Waals surface area contributed by atoms with Crippen molar-refractivity contribution in [2.45, 2.75) is 51.6 Å². The SMILES string of the molecule is Cc1nc(C(C)n2cnc3sc4c(c3c2=O)CCC(NCCc2cccc(F)c2)C4)cs1. The molecule has 0 spiro atoms. The monoisotopic (exact) mass is 468 g/mol. The number of thiazole rings is 1. The molecule has 1 aromatic carbocycles.